The summed E-state index contributed by atoms with van der Waals surface area (Å²) >= 11 is 5.29. The molecular weight excluding hydrogens is 336 g/mol. The van der Waals surface area contributed by atoms with Gasteiger partial charge in [0.2, 0.25) is 0 Å². The predicted molar refractivity (Wildman–Crippen MR) is 88.7 cm³/mol. The third-order valence-corrected chi connectivity index (χ3v) is 5.57. The first-order valence-electron chi connectivity index (χ1n) is 6.86. The molecule has 1 aliphatic heterocycles. The molecule has 5 heteroatoms. The van der Waals surface area contributed by atoms with Crippen molar-refractivity contribution in [3.8, 4) is 0 Å². The average molecular weight is 355 g/mol. The van der Waals surface area contributed by atoms with Crippen LogP contribution in [-0.2, 0) is 0 Å². The van der Waals surface area contributed by atoms with Crippen LogP contribution in [0.5, 0.6) is 0 Å². The fraction of sp³-hybridized carbons (Fsp3) is 0.533. The molecule has 1 aromatic carbocycles. The van der Waals surface area contributed by atoms with Crippen LogP contribution in [0.25, 0.3) is 10.2 Å². The van der Waals surface area contributed by atoms with Gasteiger partial charge in [-0.3, -0.25) is 0 Å². The van der Waals surface area contributed by atoms with Crippen LogP contribution >= 0.6 is 27.3 Å². The molecule has 0 saturated carbocycles. The van der Waals surface area contributed by atoms with E-state index in [-0.39, 0.29) is 12.1 Å². The molecule has 1 saturated heterocycles. The molecule has 0 bridgehead atoms. The molecule has 0 amide bonds. The maximum absolute atomic E-state index is 9.43. The van der Waals surface area contributed by atoms with Gasteiger partial charge < -0.3 is 10.0 Å². The van der Waals surface area contributed by atoms with Crippen LogP contribution in [0, 0.1) is 12.8 Å². The normalized spacial score (nSPS) is 21.9. The molecule has 1 N–H and O–H groups in total. The van der Waals surface area contributed by atoms with E-state index in [1.54, 1.807) is 11.3 Å². The summed E-state index contributed by atoms with van der Waals surface area (Å²) in [6.45, 7) is 7.72. The maximum atomic E-state index is 9.43. The highest BCUT2D eigenvalue weighted by Crippen LogP contribution is 2.41. The fourth-order valence-electron chi connectivity index (χ4n) is 3.10. The van der Waals surface area contributed by atoms with E-state index in [2.05, 4.69) is 53.7 Å². The third-order valence-electron chi connectivity index (χ3n) is 4.09. The summed E-state index contributed by atoms with van der Waals surface area (Å²) in [7, 11) is 0. The van der Waals surface area contributed by atoms with Crippen molar-refractivity contribution in [3.05, 3.63) is 22.2 Å². The van der Waals surface area contributed by atoms with Gasteiger partial charge in [0.15, 0.2) is 5.13 Å². The minimum absolute atomic E-state index is 0.0619. The van der Waals surface area contributed by atoms with Crippen LogP contribution < -0.4 is 4.90 Å². The van der Waals surface area contributed by atoms with Crippen LogP contribution in [0.2, 0.25) is 0 Å². The van der Waals surface area contributed by atoms with E-state index >= 15 is 0 Å². The molecule has 0 aliphatic carbocycles. The number of thiazole rings is 1. The van der Waals surface area contributed by atoms with Crippen molar-refractivity contribution < 1.29 is 5.11 Å². The van der Waals surface area contributed by atoms with Gasteiger partial charge in [-0.2, -0.15) is 0 Å². The van der Waals surface area contributed by atoms with Gasteiger partial charge in [-0.05, 0) is 44.9 Å². The number of hydrogen-bond donors (Lipinski definition) is 1. The summed E-state index contributed by atoms with van der Waals surface area (Å²) in [4.78, 5) is 7.19. The molecule has 0 spiro atoms. The number of anilines is 1. The molecule has 20 heavy (non-hydrogen) atoms. The van der Waals surface area contributed by atoms with Gasteiger partial charge in [0.1, 0.15) is 0 Å². The number of halogens is 1. The number of benzene rings is 1. The van der Waals surface area contributed by atoms with Crippen LogP contribution in [0.1, 0.15) is 25.8 Å². The van der Waals surface area contributed by atoms with Crippen molar-refractivity contribution in [3.63, 3.8) is 0 Å². The second-order valence-corrected chi connectivity index (χ2v) is 8.17. The van der Waals surface area contributed by atoms with Crippen molar-refractivity contribution in [2.24, 2.45) is 5.92 Å². The van der Waals surface area contributed by atoms with Crippen molar-refractivity contribution in [2.75, 3.05) is 18.1 Å². The Morgan fingerprint density at radius 2 is 2.25 bits per heavy atom. The Kier molecular flexibility index (Phi) is 3.55. The first-order chi connectivity index (χ1) is 9.40. The Hall–Kier alpha value is -0.650. The molecule has 1 aliphatic rings. The van der Waals surface area contributed by atoms with E-state index in [1.165, 1.54) is 10.3 Å². The lowest BCUT2D eigenvalue weighted by Crippen LogP contribution is -2.38. The monoisotopic (exact) mass is 354 g/mol. The highest BCUT2D eigenvalue weighted by Gasteiger charge is 2.39. The molecule has 1 aromatic heterocycles. The van der Waals surface area contributed by atoms with Crippen molar-refractivity contribution in [1.29, 1.82) is 0 Å². The van der Waals surface area contributed by atoms with Crippen LogP contribution in [0.3, 0.4) is 0 Å². The van der Waals surface area contributed by atoms with E-state index in [1.807, 2.05) is 0 Å². The SMILES string of the molecule is Cc1cc(Br)cc2sc(N3CC(CO)CC3(C)C)nc12. The lowest BCUT2D eigenvalue weighted by molar-refractivity contribution is 0.232. The molecular formula is C15H19BrN2OS. The number of aliphatic hydroxyl groups excluding tert-OH is 1. The standard InChI is InChI=1S/C15H19BrN2OS/c1-9-4-11(16)5-12-13(9)17-14(20-12)18-7-10(8-19)6-15(18,2)3/h4-5,10,19H,6-8H2,1-3H3. The number of fused-ring (bicyclic) bond motifs is 1. The van der Waals surface area contributed by atoms with E-state index < -0.39 is 0 Å². The second-order valence-electron chi connectivity index (χ2n) is 6.24. The highest BCUT2D eigenvalue weighted by atomic mass is 79.9. The summed E-state index contributed by atoms with van der Waals surface area (Å²) in [6, 6.07) is 4.24. The van der Waals surface area contributed by atoms with Gasteiger partial charge in [-0.1, -0.05) is 27.3 Å². The van der Waals surface area contributed by atoms with Gasteiger partial charge >= 0.3 is 0 Å². The summed E-state index contributed by atoms with van der Waals surface area (Å²) < 4.78 is 2.32. The van der Waals surface area contributed by atoms with Crippen LogP contribution in [0.4, 0.5) is 5.13 Å². The molecule has 1 fully saturated rings. The Morgan fingerprint density at radius 1 is 1.50 bits per heavy atom. The smallest absolute Gasteiger partial charge is 0.186 e. The molecule has 1 atom stereocenters. The molecule has 108 valence electrons. The first-order valence-corrected chi connectivity index (χ1v) is 8.47. The largest absolute Gasteiger partial charge is 0.396 e. The Labute approximate surface area is 131 Å². The molecule has 2 heterocycles. The van der Waals surface area contributed by atoms with Crippen LogP contribution in [-0.4, -0.2) is 28.8 Å². The van der Waals surface area contributed by atoms with E-state index in [0.29, 0.717) is 5.92 Å². The molecule has 2 aromatic rings. The Morgan fingerprint density at radius 3 is 2.90 bits per heavy atom. The van der Waals surface area contributed by atoms with Gasteiger partial charge in [-0.25, -0.2) is 4.98 Å². The molecule has 3 rings (SSSR count). The number of aromatic nitrogens is 1. The zero-order valence-electron chi connectivity index (χ0n) is 12.0. The van der Waals surface area contributed by atoms with E-state index in [4.69, 9.17) is 4.98 Å². The van der Waals surface area contributed by atoms with Gasteiger partial charge in [0.05, 0.1) is 10.2 Å². The average Bonchev–Trinajstić information content (AvgIpc) is 2.89. The minimum Gasteiger partial charge on any atom is -0.396 e. The maximum Gasteiger partial charge on any atom is 0.186 e. The number of hydrogen-bond acceptors (Lipinski definition) is 4. The minimum atomic E-state index is 0.0619. The third kappa shape index (κ3) is 2.36. The number of aliphatic hydroxyl groups is 1. The highest BCUT2D eigenvalue weighted by molar-refractivity contribution is 9.10. The zero-order chi connectivity index (χ0) is 14.5. The Balaban J connectivity index is 2.04. The van der Waals surface area contributed by atoms with Crippen molar-refractivity contribution in [1.82, 2.24) is 4.98 Å². The number of aryl methyl sites for hydroxylation is 1. The summed E-state index contributed by atoms with van der Waals surface area (Å²) in [5, 5.41) is 10.5. The first kappa shape index (κ1) is 14.3. The zero-order valence-corrected chi connectivity index (χ0v) is 14.4. The van der Waals surface area contributed by atoms with Gasteiger partial charge in [0.25, 0.3) is 0 Å². The quantitative estimate of drug-likeness (QED) is 0.886. The second kappa shape index (κ2) is 4.97. The fourth-order valence-corrected chi connectivity index (χ4v) is 5.08. The van der Waals surface area contributed by atoms with Crippen molar-refractivity contribution >= 4 is 42.6 Å². The summed E-state index contributed by atoms with van der Waals surface area (Å²) in [6.07, 6.45) is 1.02. The van der Waals surface area contributed by atoms with E-state index in [9.17, 15) is 5.11 Å². The summed E-state index contributed by atoms with van der Waals surface area (Å²) in [5.41, 5.74) is 2.36. The summed E-state index contributed by atoms with van der Waals surface area (Å²) in [5.74, 6) is 0.352. The number of rotatable bonds is 2. The van der Waals surface area contributed by atoms with Crippen LogP contribution in [0.15, 0.2) is 16.6 Å². The Bertz CT molecular complexity index is 653. The molecule has 1 unspecified atom stereocenters. The van der Waals surface area contributed by atoms with Crippen molar-refractivity contribution in [2.45, 2.75) is 32.7 Å². The van der Waals surface area contributed by atoms with E-state index in [0.717, 1.165) is 28.1 Å². The number of nitrogens with zero attached hydrogens (tertiary/aromatic N) is 2. The lowest BCUT2D eigenvalue weighted by Gasteiger charge is -2.31. The lowest BCUT2D eigenvalue weighted by atomic mass is 9.97. The molecule has 3 nitrogen and oxygen atoms in total. The topological polar surface area (TPSA) is 36.4 Å². The van der Waals surface area contributed by atoms with Gasteiger partial charge in [-0.15, -0.1) is 0 Å². The van der Waals surface area contributed by atoms with Gasteiger partial charge in [0, 0.05) is 29.1 Å². The predicted octanol–water partition coefficient (Wildman–Crippen LogP) is 3.96. The molecule has 0 radical (unpaired) electrons.